The van der Waals surface area contributed by atoms with E-state index in [2.05, 4.69) is 10.2 Å². The molecule has 2 fully saturated rings. The molecule has 0 radical (unpaired) electrons. The van der Waals surface area contributed by atoms with E-state index in [9.17, 15) is 8.42 Å². The Morgan fingerprint density at radius 3 is 2.82 bits per heavy atom. The number of fused-ring (bicyclic) bond motifs is 1. The minimum absolute atomic E-state index is 0. The van der Waals surface area contributed by atoms with Gasteiger partial charge >= 0.3 is 0 Å². The van der Waals surface area contributed by atoms with E-state index in [0.717, 1.165) is 32.1 Å². The molecule has 2 unspecified atom stereocenters. The molecular formula is C11H23ClN2O2S. The van der Waals surface area contributed by atoms with E-state index >= 15 is 0 Å². The molecule has 0 aromatic rings. The lowest BCUT2D eigenvalue weighted by molar-refractivity contribution is 0.171. The average Bonchev–Trinajstić information content (AvgIpc) is 2.73. The number of piperidine rings is 1. The highest BCUT2D eigenvalue weighted by molar-refractivity contribution is 7.91. The standard InChI is InChI=1S/C11H22N2O2S.ClH/c1-2-16(14,15)8-7-13-6-4-11-10(9-13)3-5-12-11;/h10-12H,2-9H2,1H3;1H. The summed E-state index contributed by atoms with van der Waals surface area (Å²) < 4.78 is 22.9. The Morgan fingerprint density at radius 1 is 1.35 bits per heavy atom. The number of nitrogens with one attached hydrogen (secondary N) is 1. The summed E-state index contributed by atoms with van der Waals surface area (Å²) in [6.07, 6.45) is 2.43. The monoisotopic (exact) mass is 282 g/mol. The third-order valence-electron chi connectivity index (χ3n) is 3.90. The summed E-state index contributed by atoms with van der Waals surface area (Å²) in [7, 11) is -2.80. The second-order valence-corrected chi connectivity index (χ2v) is 7.41. The average molecular weight is 283 g/mol. The van der Waals surface area contributed by atoms with Crippen LogP contribution in [0, 0.1) is 5.92 Å². The molecule has 0 spiro atoms. The molecule has 2 heterocycles. The number of hydrogen-bond donors (Lipinski definition) is 1. The van der Waals surface area contributed by atoms with Gasteiger partial charge in [-0.25, -0.2) is 8.42 Å². The van der Waals surface area contributed by atoms with Gasteiger partial charge in [-0.05, 0) is 31.8 Å². The van der Waals surface area contributed by atoms with Gasteiger partial charge in [-0.3, -0.25) is 0 Å². The summed E-state index contributed by atoms with van der Waals surface area (Å²) in [5, 5.41) is 3.52. The summed E-state index contributed by atoms with van der Waals surface area (Å²) in [4.78, 5) is 2.32. The molecule has 2 rings (SSSR count). The maximum atomic E-state index is 11.4. The second kappa shape index (κ2) is 6.36. The summed E-state index contributed by atoms with van der Waals surface area (Å²) in [5.74, 6) is 1.35. The Labute approximate surface area is 110 Å². The molecule has 4 nitrogen and oxygen atoms in total. The summed E-state index contributed by atoms with van der Waals surface area (Å²) in [5.41, 5.74) is 0. The first kappa shape index (κ1) is 15.2. The number of likely N-dealkylation sites (tertiary alicyclic amines) is 1. The summed E-state index contributed by atoms with van der Waals surface area (Å²) in [6.45, 7) is 5.71. The van der Waals surface area contributed by atoms with E-state index in [1.54, 1.807) is 6.92 Å². The first-order chi connectivity index (χ1) is 7.61. The highest BCUT2D eigenvalue weighted by Crippen LogP contribution is 2.24. The van der Waals surface area contributed by atoms with Crippen molar-refractivity contribution in [2.75, 3.05) is 37.7 Å². The van der Waals surface area contributed by atoms with Gasteiger partial charge in [0.15, 0.2) is 9.84 Å². The molecule has 2 saturated heterocycles. The molecule has 6 heteroatoms. The van der Waals surface area contributed by atoms with Gasteiger partial charge in [-0.2, -0.15) is 0 Å². The lowest BCUT2D eigenvalue weighted by atomic mass is 9.93. The fraction of sp³-hybridized carbons (Fsp3) is 1.00. The van der Waals surface area contributed by atoms with Gasteiger partial charge in [0.2, 0.25) is 0 Å². The van der Waals surface area contributed by atoms with Crippen molar-refractivity contribution in [2.24, 2.45) is 5.92 Å². The largest absolute Gasteiger partial charge is 0.314 e. The Kier molecular flexibility index (Phi) is 5.70. The number of halogens is 1. The van der Waals surface area contributed by atoms with Crippen molar-refractivity contribution in [3.63, 3.8) is 0 Å². The van der Waals surface area contributed by atoms with Gasteiger partial charge in [0.1, 0.15) is 0 Å². The molecule has 0 saturated carbocycles. The van der Waals surface area contributed by atoms with Crippen LogP contribution in [0.4, 0.5) is 0 Å². The predicted molar refractivity (Wildman–Crippen MR) is 72.5 cm³/mol. The number of hydrogen-bond acceptors (Lipinski definition) is 4. The zero-order chi connectivity index (χ0) is 11.6. The van der Waals surface area contributed by atoms with Crippen molar-refractivity contribution in [1.29, 1.82) is 0 Å². The number of rotatable bonds is 4. The van der Waals surface area contributed by atoms with Crippen LogP contribution in [0.2, 0.25) is 0 Å². The molecule has 0 aromatic carbocycles. The molecule has 1 N–H and O–H groups in total. The Morgan fingerprint density at radius 2 is 2.12 bits per heavy atom. The third-order valence-corrected chi connectivity index (χ3v) is 5.58. The Bertz CT molecular complexity index is 334. The topological polar surface area (TPSA) is 49.4 Å². The molecule has 0 bridgehead atoms. The zero-order valence-corrected chi connectivity index (χ0v) is 12.0. The first-order valence-corrected chi connectivity index (χ1v) is 8.09. The lowest BCUT2D eigenvalue weighted by Gasteiger charge is -2.34. The van der Waals surface area contributed by atoms with Crippen LogP contribution < -0.4 is 5.32 Å². The molecule has 2 atom stereocenters. The maximum Gasteiger partial charge on any atom is 0.151 e. The molecule has 2 aliphatic rings. The van der Waals surface area contributed by atoms with Gasteiger partial charge in [0, 0.05) is 24.9 Å². The fourth-order valence-electron chi connectivity index (χ4n) is 2.74. The van der Waals surface area contributed by atoms with Crippen LogP contribution in [0.1, 0.15) is 19.8 Å². The van der Waals surface area contributed by atoms with Crippen LogP contribution in [0.25, 0.3) is 0 Å². The predicted octanol–water partition coefficient (Wildman–Crippen LogP) is 0.527. The van der Waals surface area contributed by atoms with Crippen molar-refractivity contribution < 1.29 is 8.42 Å². The van der Waals surface area contributed by atoms with Crippen LogP contribution in [-0.2, 0) is 9.84 Å². The SMILES string of the molecule is CCS(=O)(=O)CCN1CCC2NCCC2C1.Cl. The van der Waals surface area contributed by atoms with Gasteiger partial charge < -0.3 is 10.2 Å². The number of sulfone groups is 1. The molecular weight excluding hydrogens is 260 g/mol. The summed E-state index contributed by atoms with van der Waals surface area (Å²) >= 11 is 0. The zero-order valence-electron chi connectivity index (χ0n) is 10.4. The minimum atomic E-state index is -2.80. The van der Waals surface area contributed by atoms with Crippen LogP contribution >= 0.6 is 12.4 Å². The Hall–Kier alpha value is 0.160. The van der Waals surface area contributed by atoms with E-state index in [1.165, 1.54) is 12.8 Å². The molecule has 102 valence electrons. The van der Waals surface area contributed by atoms with Crippen molar-refractivity contribution in [3.05, 3.63) is 0 Å². The molecule has 0 aliphatic carbocycles. The smallest absolute Gasteiger partial charge is 0.151 e. The van der Waals surface area contributed by atoms with Gasteiger partial charge in [0.05, 0.1) is 5.75 Å². The minimum Gasteiger partial charge on any atom is -0.314 e. The highest BCUT2D eigenvalue weighted by atomic mass is 35.5. The summed E-state index contributed by atoms with van der Waals surface area (Å²) in [6, 6.07) is 0.694. The van der Waals surface area contributed by atoms with Gasteiger partial charge in [-0.1, -0.05) is 6.92 Å². The second-order valence-electron chi connectivity index (χ2n) is 4.94. The highest BCUT2D eigenvalue weighted by Gasteiger charge is 2.32. The molecule has 0 amide bonds. The van der Waals surface area contributed by atoms with E-state index < -0.39 is 9.84 Å². The fourth-order valence-corrected chi connectivity index (χ4v) is 3.56. The van der Waals surface area contributed by atoms with Crippen molar-refractivity contribution in [2.45, 2.75) is 25.8 Å². The number of nitrogens with zero attached hydrogens (tertiary/aromatic N) is 1. The van der Waals surface area contributed by atoms with E-state index in [1.807, 2.05) is 0 Å². The van der Waals surface area contributed by atoms with Gasteiger partial charge in [0.25, 0.3) is 0 Å². The van der Waals surface area contributed by atoms with Gasteiger partial charge in [-0.15, -0.1) is 12.4 Å². The quantitative estimate of drug-likeness (QED) is 0.817. The van der Waals surface area contributed by atoms with Crippen molar-refractivity contribution >= 4 is 22.2 Å². The third kappa shape index (κ3) is 4.09. The van der Waals surface area contributed by atoms with Crippen LogP contribution in [0.5, 0.6) is 0 Å². The van der Waals surface area contributed by atoms with Crippen LogP contribution in [0.3, 0.4) is 0 Å². The first-order valence-electron chi connectivity index (χ1n) is 6.27. The van der Waals surface area contributed by atoms with Crippen LogP contribution in [-0.4, -0.2) is 57.0 Å². The van der Waals surface area contributed by atoms with E-state index in [4.69, 9.17) is 0 Å². The van der Waals surface area contributed by atoms with Crippen molar-refractivity contribution in [3.8, 4) is 0 Å². The van der Waals surface area contributed by atoms with E-state index in [-0.39, 0.29) is 18.2 Å². The maximum absolute atomic E-state index is 11.4. The molecule has 0 aromatic heterocycles. The molecule has 17 heavy (non-hydrogen) atoms. The van der Waals surface area contributed by atoms with Crippen molar-refractivity contribution in [1.82, 2.24) is 10.2 Å². The molecule has 2 aliphatic heterocycles. The van der Waals surface area contributed by atoms with E-state index in [0.29, 0.717) is 11.8 Å². The normalized spacial score (nSPS) is 29.7. The Balaban J connectivity index is 0.00000144. The van der Waals surface area contributed by atoms with Crippen LogP contribution in [0.15, 0.2) is 0 Å². The lowest BCUT2D eigenvalue weighted by Crippen LogP contribution is -2.45.